The molecule has 0 aliphatic rings. The molecule has 0 unspecified atom stereocenters. The second-order valence-corrected chi connectivity index (χ2v) is 5.63. The molecule has 0 spiro atoms. The maximum atomic E-state index is 12.6. The number of aryl methyl sites for hydroxylation is 1. The summed E-state index contributed by atoms with van der Waals surface area (Å²) in [7, 11) is 0. The minimum absolute atomic E-state index is 0.640. The van der Waals surface area contributed by atoms with Crippen LogP contribution < -0.4 is 0 Å². The third kappa shape index (κ3) is 2.68. The van der Waals surface area contributed by atoms with Crippen molar-refractivity contribution in [3.63, 3.8) is 0 Å². The smallest absolute Gasteiger partial charge is 0.305 e. The highest BCUT2D eigenvalue weighted by Gasteiger charge is 2.30. The van der Waals surface area contributed by atoms with E-state index < -0.39 is 11.7 Å². The Hall–Kier alpha value is -1.82. The van der Waals surface area contributed by atoms with Crippen LogP contribution in [0.3, 0.4) is 0 Å². The number of nitrogens with zero attached hydrogens (tertiary/aromatic N) is 2. The highest BCUT2D eigenvalue weighted by Crippen LogP contribution is 2.31. The minimum Gasteiger partial charge on any atom is -0.305 e. The van der Waals surface area contributed by atoms with Crippen molar-refractivity contribution in [3.8, 4) is 11.3 Å². The quantitative estimate of drug-likeness (QED) is 0.594. The van der Waals surface area contributed by atoms with Crippen molar-refractivity contribution in [1.82, 2.24) is 9.38 Å². The van der Waals surface area contributed by atoms with Crippen molar-refractivity contribution in [1.29, 1.82) is 0 Å². The molecule has 0 radical (unpaired) electrons. The summed E-state index contributed by atoms with van der Waals surface area (Å²) in [5.74, 6) is 0. The number of fused-ring (bicyclic) bond motifs is 1. The molecule has 6 heteroatoms. The number of benzene rings is 1. The van der Waals surface area contributed by atoms with E-state index in [9.17, 15) is 13.2 Å². The Labute approximate surface area is 127 Å². The number of halogens is 4. The highest BCUT2D eigenvalue weighted by atomic mass is 79.9. The van der Waals surface area contributed by atoms with Gasteiger partial charge >= 0.3 is 6.18 Å². The predicted octanol–water partition coefficient (Wildman–Crippen LogP) is 5.09. The van der Waals surface area contributed by atoms with E-state index in [0.717, 1.165) is 27.8 Å². The van der Waals surface area contributed by atoms with Gasteiger partial charge in [0.15, 0.2) is 0 Å². The van der Waals surface area contributed by atoms with E-state index in [4.69, 9.17) is 0 Å². The molecular weight excluding hydrogens is 345 g/mol. The molecule has 0 N–H and O–H groups in total. The average molecular weight is 355 g/mol. The molecule has 2 nitrogen and oxygen atoms in total. The molecule has 0 bridgehead atoms. The number of aromatic nitrogens is 2. The van der Waals surface area contributed by atoms with Crippen LogP contribution in [0.2, 0.25) is 0 Å². The number of hydrogen-bond acceptors (Lipinski definition) is 1. The van der Waals surface area contributed by atoms with Gasteiger partial charge in [0.1, 0.15) is 5.65 Å². The normalized spacial score (nSPS) is 12.0. The minimum atomic E-state index is -4.32. The summed E-state index contributed by atoms with van der Waals surface area (Å²) in [6.07, 6.45) is -0.646. The fourth-order valence-electron chi connectivity index (χ4n) is 2.07. The lowest BCUT2D eigenvalue weighted by atomic mass is 10.1. The Bertz CT molecular complexity index is 765. The zero-order chi connectivity index (χ0) is 15.2. The molecule has 0 atom stereocenters. The van der Waals surface area contributed by atoms with Crippen LogP contribution in [0, 0.1) is 6.92 Å². The van der Waals surface area contributed by atoms with Crippen molar-refractivity contribution in [2.24, 2.45) is 0 Å². The predicted molar refractivity (Wildman–Crippen MR) is 78.1 cm³/mol. The molecule has 3 rings (SSSR count). The monoisotopic (exact) mass is 354 g/mol. The van der Waals surface area contributed by atoms with Gasteiger partial charge in [-0.05, 0) is 46.6 Å². The van der Waals surface area contributed by atoms with Crippen molar-refractivity contribution < 1.29 is 13.2 Å². The van der Waals surface area contributed by atoms with E-state index in [1.165, 1.54) is 12.1 Å². The first-order chi connectivity index (χ1) is 9.84. The van der Waals surface area contributed by atoms with Crippen LogP contribution in [0.4, 0.5) is 13.2 Å². The van der Waals surface area contributed by atoms with Crippen LogP contribution in [0.25, 0.3) is 16.9 Å². The van der Waals surface area contributed by atoms with E-state index >= 15 is 0 Å². The molecule has 0 saturated carbocycles. The number of alkyl halides is 3. The first kappa shape index (κ1) is 14.1. The topological polar surface area (TPSA) is 17.3 Å². The van der Waals surface area contributed by atoms with Gasteiger partial charge in [0, 0.05) is 22.4 Å². The molecular formula is C15H10BrF3N2. The van der Waals surface area contributed by atoms with Gasteiger partial charge in [-0.2, -0.15) is 13.2 Å². The lowest BCUT2D eigenvalue weighted by molar-refractivity contribution is -0.137. The molecule has 21 heavy (non-hydrogen) atoms. The van der Waals surface area contributed by atoms with Crippen molar-refractivity contribution in [3.05, 3.63) is 58.3 Å². The molecule has 108 valence electrons. The fraction of sp³-hybridized carbons (Fsp3) is 0.133. The van der Waals surface area contributed by atoms with Crippen LogP contribution >= 0.6 is 15.9 Å². The standard InChI is InChI=1S/C15H10BrF3N2/c1-9-6-14-20-13(8-21(14)7-12(9)16)10-2-4-11(5-3-10)15(17,18)19/h2-8H,1H3. The number of imidazole rings is 1. The zero-order valence-corrected chi connectivity index (χ0v) is 12.5. The second-order valence-electron chi connectivity index (χ2n) is 4.77. The summed E-state index contributed by atoms with van der Waals surface area (Å²) in [5.41, 5.74) is 2.44. The summed E-state index contributed by atoms with van der Waals surface area (Å²) in [5, 5.41) is 0. The molecule has 0 fully saturated rings. The third-order valence-corrected chi connectivity index (χ3v) is 4.07. The molecule has 0 aliphatic heterocycles. The Kier molecular flexibility index (Phi) is 3.28. The van der Waals surface area contributed by atoms with Crippen molar-refractivity contribution >= 4 is 21.6 Å². The summed E-state index contributed by atoms with van der Waals surface area (Å²) in [6, 6.07) is 6.93. The van der Waals surface area contributed by atoms with Gasteiger partial charge in [-0.1, -0.05) is 12.1 Å². The Balaban J connectivity index is 2.04. The lowest BCUT2D eigenvalue weighted by Crippen LogP contribution is -2.03. The molecule has 0 aliphatic carbocycles. The van der Waals surface area contributed by atoms with Crippen LogP contribution in [0.5, 0.6) is 0 Å². The van der Waals surface area contributed by atoms with Gasteiger partial charge in [0.25, 0.3) is 0 Å². The Morgan fingerprint density at radius 3 is 2.38 bits per heavy atom. The maximum Gasteiger partial charge on any atom is 0.416 e. The Morgan fingerprint density at radius 1 is 1.10 bits per heavy atom. The zero-order valence-electron chi connectivity index (χ0n) is 10.9. The van der Waals surface area contributed by atoms with E-state index in [1.807, 2.05) is 23.6 Å². The van der Waals surface area contributed by atoms with E-state index in [2.05, 4.69) is 20.9 Å². The summed E-state index contributed by atoms with van der Waals surface area (Å²) >= 11 is 3.44. The number of hydrogen-bond donors (Lipinski definition) is 0. The maximum absolute atomic E-state index is 12.6. The largest absolute Gasteiger partial charge is 0.416 e. The summed E-state index contributed by atoms with van der Waals surface area (Å²) < 4.78 is 40.4. The summed E-state index contributed by atoms with van der Waals surface area (Å²) in [4.78, 5) is 4.44. The molecule has 3 aromatic rings. The second kappa shape index (κ2) is 4.87. The molecule has 0 amide bonds. The molecule has 2 aromatic heterocycles. The molecule has 2 heterocycles. The molecule has 1 aromatic carbocycles. The van der Waals surface area contributed by atoms with Gasteiger partial charge in [0.2, 0.25) is 0 Å². The van der Waals surface area contributed by atoms with Crippen LogP contribution in [0.1, 0.15) is 11.1 Å². The third-order valence-electron chi connectivity index (χ3n) is 3.24. The number of rotatable bonds is 1. The lowest BCUT2D eigenvalue weighted by Gasteiger charge is -2.06. The average Bonchev–Trinajstić information content (AvgIpc) is 2.81. The van der Waals surface area contributed by atoms with Crippen LogP contribution in [-0.2, 0) is 6.18 Å². The van der Waals surface area contributed by atoms with E-state index in [1.54, 1.807) is 6.20 Å². The van der Waals surface area contributed by atoms with Gasteiger partial charge in [-0.15, -0.1) is 0 Å². The van der Waals surface area contributed by atoms with Crippen LogP contribution in [-0.4, -0.2) is 9.38 Å². The van der Waals surface area contributed by atoms with Crippen molar-refractivity contribution in [2.45, 2.75) is 13.1 Å². The number of pyridine rings is 1. The fourth-order valence-corrected chi connectivity index (χ4v) is 2.41. The highest BCUT2D eigenvalue weighted by molar-refractivity contribution is 9.10. The van der Waals surface area contributed by atoms with Gasteiger partial charge in [-0.25, -0.2) is 4.98 Å². The van der Waals surface area contributed by atoms with Crippen molar-refractivity contribution in [2.75, 3.05) is 0 Å². The molecule has 0 saturated heterocycles. The summed E-state index contributed by atoms with van der Waals surface area (Å²) in [6.45, 7) is 1.95. The van der Waals surface area contributed by atoms with Crippen LogP contribution in [0.15, 0.2) is 47.2 Å². The van der Waals surface area contributed by atoms with E-state index in [0.29, 0.717) is 11.3 Å². The van der Waals surface area contributed by atoms with E-state index in [-0.39, 0.29) is 0 Å². The first-order valence-corrected chi connectivity index (χ1v) is 6.96. The SMILES string of the molecule is Cc1cc2nc(-c3ccc(C(F)(F)F)cc3)cn2cc1Br. The van der Waals surface area contributed by atoms with Gasteiger partial charge < -0.3 is 4.40 Å². The van der Waals surface area contributed by atoms with Gasteiger partial charge in [0.05, 0.1) is 11.3 Å². The Morgan fingerprint density at radius 2 is 1.76 bits per heavy atom. The van der Waals surface area contributed by atoms with Gasteiger partial charge in [-0.3, -0.25) is 0 Å². The first-order valence-electron chi connectivity index (χ1n) is 6.17.